The summed E-state index contributed by atoms with van der Waals surface area (Å²) in [5.74, 6) is 0.0650. The number of pyridine rings is 1. The molecule has 0 saturated carbocycles. The lowest BCUT2D eigenvalue weighted by Crippen LogP contribution is -2.03. The number of nitrogens with zero attached hydrogens (tertiary/aromatic N) is 1. The molecule has 1 aromatic carbocycles. The standard InChI is InChI=1S/C15H14N2O/c1-9-3-5-13(16-10(9)2)11-4-6-14-12(7-11)8-15(18)17-14/h3-7H,8H2,1-2H3,(H,17,18). The predicted molar refractivity (Wildman–Crippen MR) is 71.5 cm³/mol. The number of rotatable bonds is 1. The first kappa shape index (κ1) is 11.0. The number of aryl methyl sites for hydroxylation is 2. The van der Waals surface area contributed by atoms with E-state index in [1.54, 1.807) is 0 Å². The third-order valence-electron chi connectivity index (χ3n) is 3.38. The zero-order chi connectivity index (χ0) is 12.7. The third-order valence-corrected chi connectivity index (χ3v) is 3.38. The molecule has 0 saturated heterocycles. The monoisotopic (exact) mass is 238 g/mol. The van der Waals surface area contributed by atoms with Crippen molar-refractivity contribution in [3.05, 3.63) is 47.2 Å². The number of hydrogen-bond acceptors (Lipinski definition) is 2. The smallest absolute Gasteiger partial charge is 0.228 e. The van der Waals surface area contributed by atoms with Crippen LogP contribution in [-0.4, -0.2) is 10.9 Å². The van der Waals surface area contributed by atoms with Gasteiger partial charge in [-0.25, -0.2) is 0 Å². The van der Waals surface area contributed by atoms with Crippen LogP contribution < -0.4 is 5.32 Å². The van der Waals surface area contributed by atoms with Gasteiger partial charge in [-0.3, -0.25) is 9.78 Å². The van der Waals surface area contributed by atoms with Crippen molar-refractivity contribution in [3.63, 3.8) is 0 Å². The molecule has 0 spiro atoms. The molecule has 90 valence electrons. The molecular weight excluding hydrogens is 224 g/mol. The van der Waals surface area contributed by atoms with Crippen LogP contribution in [0.5, 0.6) is 0 Å². The SMILES string of the molecule is Cc1ccc(-c2ccc3c(c2)CC(=O)N3)nc1C. The van der Waals surface area contributed by atoms with Gasteiger partial charge in [-0.2, -0.15) is 0 Å². The molecule has 1 aromatic heterocycles. The average Bonchev–Trinajstić information content (AvgIpc) is 2.71. The highest BCUT2D eigenvalue weighted by Gasteiger charge is 2.17. The molecule has 0 aliphatic carbocycles. The number of benzene rings is 1. The minimum atomic E-state index is 0.0650. The van der Waals surface area contributed by atoms with Crippen molar-refractivity contribution in [2.75, 3.05) is 5.32 Å². The Morgan fingerprint density at radius 3 is 2.78 bits per heavy atom. The van der Waals surface area contributed by atoms with E-state index >= 15 is 0 Å². The largest absolute Gasteiger partial charge is 0.326 e. The van der Waals surface area contributed by atoms with Crippen LogP contribution in [0.2, 0.25) is 0 Å². The first-order valence-electron chi connectivity index (χ1n) is 6.01. The van der Waals surface area contributed by atoms with E-state index in [1.807, 2.05) is 31.2 Å². The molecule has 0 radical (unpaired) electrons. The summed E-state index contributed by atoms with van der Waals surface area (Å²) >= 11 is 0. The van der Waals surface area contributed by atoms with Gasteiger partial charge in [-0.1, -0.05) is 12.1 Å². The molecule has 1 amide bonds. The topological polar surface area (TPSA) is 42.0 Å². The summed E-state index contributed by atoms with van der Waals surface area (Å²) < 4.78 is 0. The van der Waals surface area contributed by atoms with E-state index in [2.05, 4.69) is 23.3 Å². The van der Waals surface area contributed by atoms with Crippen molar-refractivity contribution >= 4 is 11.6 Å². The number of nitrogens with one attached hydrogen (secondary N) is 1. The van der Waals surface area contributed by atoms with E-state index in [4.69, 9.17) is 0 Å². The van der Waals surface area contributed by atoms with Gasteiger partial charge in [-0.05, 0) is 43.2 Å². The molecule has 2 aromatic rings. The zero-order valence-electron chi connectivity index (χ0n) is 10.4. The number of carbonyl (C=O) groups excluding carboxylic acids is 1. The molecule has 3 nitrogen and oxygen atoms in total. The Morgan fingerprint density at radius 1 is 1.17 bits per heavy atom. The van der Waals surface area contributed by atoms with Gasteiger partial charge in [0.1, 0.15) is 0 Å². The molecule has 2 heterocycles. The van der Waals surface area contributed by atoms with Gasteiger partial charge in [0.15, 0.2) is 0 Å². The Kier molecular flexibility index (Phi) is 2.40. The van der Waals surface area contributed by atoms with Gasteiger partial charge in [0, 0.05) is 16.9 Å². The highest BCUT2D eigenvalue weighted by molar-refractivity contribution is 5.99. The Bertz CT molecular complexity index is 647. The normalized spacial score (nSPS) is 13.3. The molecule has 3 heteroatoms. The summed E-state index contributed by atoms with van der Waals surface area (Å²) in [7, 11) is 0. The fourth-order valence-corrected chi connectivity index (χ4v) is 2.18. The first-order valence-corrected chi connectivity index (χ1v) is 6.01. The van der Waals surface area contributed by atoms with Gasteiger partial charge >= 0.3 is 0 Å². The van der Waals surface area contributed by atoms with Crippen molar-refractivity contribution < 1.29 is 4.79 Å². The summed E-state index contributed by atoms with van der Waals surface area (Å²) in [4.78, 5) is 15.9. The molecule has 3 rings (SSSR count). The van der Waals surface area contributed by atoms with E-state index in [9.17, 15) is 4.79 Å². The van der Waals surface area contributed by atoms with E-state index in [0.29, 0.717) is 6.42 Å². The fourth-order valence-electron chi connectivity index (χ4n) is 2.18. The Hall–Kier alpha value is -2.16. The maximum absolute atomic E-state index is 11.3. The Labute approximate surface area is 106 Å². The zero-order valence-corrected chi connectivity index (χ0v) is 10.4. The highest BCUT2D eigenvalue weighted by Crippen LogP contribution is 2.28. The van der Waals surface area contributed by atoms with Crippen LogP contribution in [0.1, 0.15) is 16.8 Å². The second-order valence-corrected chi connectivity index (χ2v) is 4.70. The van der Waals surface area contributed by atoms with Crippen molar-refractivity contribution in [2.24, 2.45) is 0 Å². The van der Waals surface area contributed by atoms with Gasteiger partial charge < -0.3 is 5.32 Å². The van der Waals surface area contributed by atoms with Crippen LogP contribution in [0.3, 0.4) is 0 Å². The van der Waals surface area contributed by atoms with Crippen molar-refractivity contribution in [2.45, 2.75) is 20.3 Å². The number of hydrogen-bond donors (Lipinski definition) is 1. The molecule has 0 fully saturated rings. The summed E-state index contributed by atoms with van der Waals surface area (Å²) in [6, 6.07) is 10.1. The van der Waals surface area contributed by atoms with Crippen LogP contribution in [0.4, 0.5) is 5.69 Å². The van der Waals surface area contributed by atoms with Crippen molar-refractivity contribution in [1.29, 1.82) is 0 Å². The first-order chi connectivity index (χ1) is 8.63. The van der Waals surface area contributed by atoms with Crippen LogP contribution in [0.15, 0.2) is 30.3 Å². The van der Waals surface area contributed by atoms with Crippen molar-refractivity contribution in [1.82, 2.24) is 4.98 Å². The van der Waals surface area contributed by atoms with Gasteiger partial charge in [0.25, 0.3) is 0 Å². The maximum Gasteiger partial charge on any atom is 0.228 e. The molecule has 1 aliphatic heterocycles. The van der Waals surface area contributed by atoms with E-state index < -0.39 is 0 Å². The summed E-state index contributed by atoms with van der Waals surface area (Å²) in [5, 5.41) is 2.84. The molecular formula is C15H14N2O. The lowest BCUT2D eigenvalue weighted by molar-refractivity contribution is -0.115. The lowest BCUT2D eigenvalue weighted by atomic mass is 10.0. The molecule has 1 N–H and O–H groups in total. The highest BCUT2D eigenvalue weighted by atomic mass is 16.1. The van der Waals surface area contributed by atoms with E-state index in [1.165, 1.54) is 5.56 Å². The Balaban J connectivity index is 2.05. The average molecular weight is 238 g/mol. The van der Waals surface area contributed by atoms with E-state index in [-0.39, 0.29) is 5.91 Å². The number of anilines is 1. The maximum atomic E-state index is 11.3. The number of aromatic nitrogens is 1. The molecule has 0 atom stereocenters. The molecule has 0 unspecified atom stereocenters. The predicted octanol–water partition coefficient (Wildman–Crippen LogP) is 2.86. The molecule has 1 aliphatic rings. The van der Waals surface area contributed by atoms with Gasteiger partial charge in [-0.15, -0.1) is 0 Å². The second-order valence-electron chi connectivity index (χ2n) is 4.70. The quantitative estimate of drug-likeness (QED) is 0.830. The third kappa shape index (κ3) is 1.78. The minimum Gasteiger partial charge on any atom is -0.326 e. The lowest BCUT2D eigenvalue weighted by Gasteiger charge is -2.06. The molecule has 0 bridgehead atoms. The summed E-state index contributed by atoms with van der Waals surface area (Å²) in [6.07, 6.45) is 0.466. The fraction of sp³-hybridized carbons (Fsp3) is 0.200. The number of amides is 1. The van der Waals surface area contributed by atoms with E-state index in [0.717, 1.165) is 28.2 Å². The number of carbonyl (C=O) groups is 1. The molecule has 18 heavy (non-hydrogen) atoms. The van der Waals surface area contributed by atoms with Crippen molar-refractivity contribution in [3.8, 4) is 11.3 Å². The van der Waals surface area contributed by atoms with Gasteiger partial charge in [0.05, 0.1) is 12.1 Å². The second kappa shape index (κ2) is 3.95. The van der Waals surface area contributed by atoms with Crippen LogP contribution in [0.25, 0.3) is 11.3 Å². The van der Waals surface area contributed by atoms with Gasteiger partial charge in [0.2, 0.25) is 5.91 Å². The summed E-state index contributed by atoms with van der Waals surface area (Å²) in [6.45, 7) is 4.06. The summed E-state index contributed by atoms with van der Waals surface area (Å²) in [5.41, 5.74) is 6.23. The Morgan fingerprint density at radius 2 is 2.00 bits per heavy atom. The van der Waals surface area contributed by atoms with Crippen LogP contribution in [-0.2, 0) is 11.2 Å². The number of fused-ring (bicyclic) bond motifs is 1. The van der Waals surface area contributed by atoms with Crippen LogP contribution >= 0.6 is 0 Å². The van der Waals surface area contributed by atoms with Crippen LogP contribution in [0, 0.1) is 13.8 Å². The minimum absolute atomic E-state index is 0.0650.